The summed E-state index contributed by atoms with van der Waals surface area (Å²) in [6.07, 6.45) is 0.881. The van der Waals surface area contributed by atoms with Gasteiger partial charge in [0.25, 0.3) is 0 Å². The van der Waals surface area contributed by atoms with Crippen molar-refractivity contribution in [3.05, 3.63) is 28.8 Å². The molecular weight excluding hydrogens is 264 g/mol. The molecule has 0 spiro atoms. The highest BCUT2D eigenvalue weighted by atomic mass is 35.5. The van der Waals surface area contributed by atoms with Gasteiger partial charge in [0.05, 0.1) is 10.7 Å². The van der Waals surface area contributed by atoms with Crippen molar-refractivity contribution in [1.29, 1.82) is 0 Å². The lowest BCUT2D eigenvalue weighted by Crippen LogP contribution is -2.41. The Bertz CT molecular complexity index is 409. The topological polar surface area (TPSA) is 29.3 Å². The molecule has 1 aromatic rings. The van der Waals surface area contributed by atoms with E-state index in [9.17, 15) is 0 Å². The zero-order chi connectivity index (χ0) is 13.1. The Kier molecular flexibility index (Phi) is 4.82. The fraction of sp³-hybridized carbons (Fsp3) is 0.571. The van der Waals surface area contributed by atoms with E-state index in [2.05, 4.69) is 17.9 Å². The molecule has 1 fully saturated rings. The molecule has 0 saturated carbocycles. The van der Waals surface area contributed by atoms with Crippen LogP contribution in [-0.2, 0) is 6.42 Å². The van der Waals surface area contributed by atoms with Crippen molar-refractivity contribution in [2.75, 3.05) is 23.0 Å². The van der Waals surface area contributed by atoms with Crippen LogP contribution in [0.3, 0.4) is 0 Å². The van der Waals surface area contributed by atoms with Crippen molar-refractivity contribution < 1.29 is 0 Å². The van der Waals surface area contributed by atoms with Crippen LogP contribution < -0.4 is 10.6 Å². The van der Waals surface area contributed by atoms with Gasteiger partial charge in [-0.3, -0.25) is 0 Å². The molecule has 2 atom stereocenters. The fourth-order valence-electron chi connectivity index (χ4n) is 2.45. The third-order valence-electron chi connectivity index (χ3n) is 3.27. The van der Waals surface area contributed by atoms with Crippen LogP contribution in [0.4, 0.5) is 5.69 Å². The Labute approximate surface area is 119 Å². The van der Waals surface area contributed by atoms with Gasteiger partial charge in [-0.25, -0.2) is 0 Å². The summed E-state index contributed by atoms with van der Waals surface area (Å²) in [5, 5.41) is 0.854. The Morgan fingerprint density at radius 2 is 2.33 bits per heavy atom. The average molecular weight is 285 g/mol. The number of nitrogens with zero attached hydrogens (tertiary/aromatic N) is 1. The molecule has 1 aromatic carbocycles. The highest BCUT2D eigenvalue weighted by molar-refractivity contribution is 7.99. The molecule has 1 aliphatic rings. The largest absolute Gasteiger partial charge is 0.366 e. The van der Waals surface area contributed by atoms with Gasteiger partial charge in [-0.05, 0) is 31.9 Å². The van der Waals surface area contributed by atoms with Gasteiger partial charge < -0.3 is 10.6 Å². The van der Waals surface area contributed by atoms with Gasteiger partial charge in [0.15, 0.2) is 0 Å². The van der Waals surface area contributed by atoms with Crippen LogP contribution >= 0.6 is 23.4 Å². The Morgan fingerprint density at radius 1 is 1.56 bits per heavy atom. The monoisotopic (exact) mass is 284 g/mol. The van der Waals surface area contributed by atoms with Crippen LogP contribution in [0.1, 0.15) is 19.4 Å². The van der Waals surface area contributed by atoms with E-state index >= 15 is 0 Å². The minimum Gasteiger partial charge on any atom is -0.366 e. The first-order chi connectivity index (χ1) is 8.59. The number of hydrogen-bond donors (Lipinski definition) is 1. The van der Waals surface area contributed by atoms with Crippen molar-refractivity contribution in [2.24, 2.45) is 5.73 Å². The van der Waals surface area contributed by atoms with Gasteiger partial charge in [-0.2, -0.15) is 11.8 Å². The zero-order valence-corrected chi connectivity index (χ0v) is 12.6. The van der Waals surface area contributed by atoms with Gasteiger partial charge >= 0.3 is 0 Å². The Balaban J connectivity index is 2.34. The van der Waals surface area contributed by atoms with E-state index in [1.807, 2.05) is 30.8 Å². The minimum absolute atomic E-state index is 0.164. The second-order valence-corrected chi connectivity index (χ2v) is 6.60. The lowest BCUT2D eigenvalue weighted by atomic mass is 10.0. The van der Waals surface area contributed by atoms with Crippen molar-refractivity contribution in [1.82, 2.24) is 0 Å². The normalized spacial score (nSPS) is 22.0. The maximum absolute atomic E-state index is 6.42. The predicted octanol–water partition coefficient (Wildman–Crippen LogP) is 3.17. The SMILES string of the molecule is CC(N)Cc1cccc(Cl)c1N1CCSCC1C. The summed E-state index contributed by atoms with van der Waals surface area (Å²) in [6.45, 7) is 5.38. The van der Waals surface area contributed by atoms with Crippen LogP contribution in [0.25, 0.3) is 0 Å². The molecular formula is C14H21ClN2S. The molecule has 0 aromatic heterocycles. The van der Waals surface area contributed by atoms with Crippen LogP contribution in [-0.4, -0.2) is 30.1 Å². The molecule has 2 unspecified atom stereocenters. The molecule has 1 saturated heterocycles. The van der Waals surface area contributed by atoms with Crippen molar-refractivity contribution in [3.8, 4) is 0 Å². The standard InChI is InChI=1S/C14H21ClN2S/c1-10(16)8-12-4-3-5-13(15)14(12)17-6-7-18-9-11(17)2/h3-5,10-11H,6-9,16H2,1-2H3. The number of thioether (sulfide) groups is 1. The third-order valence-corrected chi connectivity index (χ3v) is 4.76. The number of rotatable bonds is 3. The van der Waals surface area contributed by atoms with E-state index in [4.69, 9.17) is 17.3 Å². The minimum atomic E-state index is 0.164. The first-order valence-electron chi connectivity index (χ1n) is 6.47. The molecule has 1 heterocycles. The second kappa shape index (κ2) is 6.18. The molecule has 0 aliphatic carbocycles. The van der Waals surface area contributed by atoms with E-state index in [0.717, 1.165) is 18.0 Å². The highest BCUT2D eigenvalue weighted by Crippen LogP contribution is 2.34. The lowest BCUT2D eigenvalue weighted by molar-refractivity contribution is 0.684. The predicted molar refractivity (Wildman–Crippen MR) is 82.9 cm³/mol. The van der Waals surface area contributed by atoms with Crippen LogP contribution in [0.15, 0.2) is 18.2 Å². The average Bonchev–Trinajstić information content (AvgIpc) is 2.30. The molecule has 0 radical (unpaired) electrons. The molecule has 2 nitrogen and oxygen atoms in total. The summed E-state index contributed by atoms with van der Waals surface area (Å²) in [6, 6.07) is 6.86. The molecule has 4 heteroatoms. The number of nitrogens with two attached hydrogens (primary N) is 1. The lowest BCUT2D eigenvalue weighted by Gasteiger charge is -2.37. The fourth-order valence-corrected chi connectivity index (χ4v) is 3.77. The first-order valence-corrected chi connectivity index (χ1v) is 8.00. The molecule has 18 heavy (non-hydrogen) atoms. The summed E-state index contributed by atoms with van der Waals surface area (Å²) in [7, 11) is 0. The van der Waals surface area contributed by atoms with E-state index in [0.29, 0.717) is 6.04 Å². The van der Waals surface area contributed by atoms with Crippen molar-refractivity contribution >= 4 is 29.1 Å². The van der Waals surface area contributed by atoms with E-state index in [1.165, 1.54) is 22.8 Å². The number of anilines is 1. The van der Waals surface area contributed by atoms with E-state index in [-0.39, 0.29) is 6.04 Å². The second-order valence-electron chi connectivity index (χ2n) is 5.05. The van der Waals surface area contributed by atoms with Crippen molar-refractivity contribution in [2.45, 2.75) is 32.4 Å². The smallest absolute Gasteiger partial charge is 0.0642 e. The van der Waals surface area contributed by atoms with Gasteiger partial charge in [-0.15, -0.1) is 0 Å². The number of para-hydroxylation sites is 1. The quantitative estimate of drug-likeness (QED) is 0.924. The Morgan fingerprint density at radius 3 is 3.00 bits per heavy atom. The van der Waals surface area contributed by atoms with Crippen LogP contribution in [0.2, 0.25) is 5.02 Å². The summed E-state index contributed by atoms with van der Waals surface area (Å²) in [4.78, 5) is 2.44. The summed E-state index contributed by atoms with van der Waals surface area (Å²) in [5.41, 5.74) is 8.41. The summed E-state index contributed by atoms with van der Waals surface area (Å²) >= 11 is 8.44. The maximum Gasteiger partial charge on any atom is 0.0642 e. The maximum atomic E-state index is 6.42. The zero-order valence-electron chi connectivity index (χ0n) is 11.0. The highest BCUT2D eigenvalue weighted by Gasteiger charge is 2.23. The van der Waals surface area contributed by atoms with Crippen molar-refractivity contribution in [3.63, 3.8) is 0 Å². The summed E-state index contributed by atoms with van der Waals surface area (Å²) in [5.74, 6) is 2.34. The number of benzene rings is 1. The molecule has 100 valence electrons. The van der Waals surface area contributed by atoms with E-state index < -0.39 is 0 Å². The van der Waals surface area contributed by atoms with E-state index in [1.54, 1.807) is 0 Å². The third kappa shape index (κ3) is 3.14. The summed E-state index contributed by atoms with van der Waals surface area (Å²) < 4.78 is 0. The molecule has 2 N–H and O–H groups in total. The van der Waals surface area contributed by atoms with Gasteiger partial charge in [0.2, 0.25) is 0 Å². The Hall–Kier alpha value is -0.380. The molecule has 0 amide bonds. The van der Waals surface area contributed by atoms with Gasteiger partial charge in [0.1, 0.15) is 0 Å². The van der Waals surface area contributed by atoms with Gasteiger partial charge in [-0.1, -0.05) is 23.7 Å². The van der Waals surface area contributed by atoms with Gasteiger partial charge in [0, 0.05) is 30.1 Å². The molecule has 0 bridgehead atoms. The first kappa shape index (κ1) is 14.0. The number of halogens is 1. The number of hydrogen-bond acceptors (Lipinski definition) is 3. The molecule has 1 aliphatic heterocycles. The van der Waals surface area contributed by atoms with Crippen LogP contribution in [0.5, 0.6) is 0 Å². The molecule has 2 rings (SSSR count). The van der Waals surface area contributed by atoms with Crippen LogP contribution in [0, 0.1) is 0 Å².